The minimum Gasteiger partial charge on any atom is -0.370 e. The fourth-order valence-corrected chi connectivity index (χ4v) is 3.27. The Hall–Kier alpha value is -1.84. The van der Waals surface area contributed by atoms with Crippen molar-refractivity contribution in [2.24, 2.45) is 5.73 Å². The van der Waals surface area contributed by atoms with Crippen LogP contribution in [0.2, 0.25) is 0 Å². The molecule has 21 heavy (non-hydrogen) atoms. The molecule has 3 aromatic rings. The van der Waals surface area contributed by atoms with Crippen molar-refractivity contribution in [3.8, 4) is 10.7 Å². The van der Waals surface area contributed by atoms with Crippen LogP contribution in [0.5, 0.6) is 0 Å². The average Bonchev–Trinajstić information content (AvgIpc) is 3.22. The van der Waals surface area contributed by atoms with Crippen LogP contribution < -0.4 is 5.73 Å². The lowest BCUT2D eigenvalue weighted by atomic mass is 10.2. The maximum Gasteiger partial charge on any atom is 0.235 e. The van der Waals surface area contributed by atoms with Gasteiger partial charge in [-0.3, -0.25) is 0 Å². The van der Waals surface area contributed by atoms with E-state index in [1.54, 1.807) is 10.8 Å². The van der Waals surface area contributed by atoms with Gasteiger partial charge in [-0.15, -0.1) is 10.2 Å². The number of aromatic nitrogens is 6. The molecule has 8 nitrogen and oxygen atoms in total. The van der Waals surface area contributed by atoms with Gasteiger partial charge in [-0.25, -0.2) is 4.98 Å². The van der Waals surface area contributed by atoms with E-state index in [-0.39, 0.29) is 6.10 Å². The van der Waals surface area contributed by atoms with Gasteiger partial charge in [-0.2, -0.15) is 9.61 Å². The molecule has 1 unspecified atom stereocenters. The number of hydrogen-bond donors (Lipinski definition) is 1. The Labute approximate surface area is 124 Å². The number of imidazole rings is 1. The van der Waals surface area contributed by atoms with Crippen LogP contribution in [-0.4, -0.2) is 42.5 Å². The van der Waals surface area contributed by atoms with Gasteiger partial charge in [0, 0.05) is 25.9 Å². The van der Waals surface area contributed by atoms with Crippen LogP contribution in [-0.2, 0) is 11.3 Å². The minimum atomic E-state index is 0.00440. The summed E-state index contributed by atoms with van der Waals surface area (Å²) >= 11 is 1.48. The molecule has 4 rings (SSSR count). The average molecular weight is 305 g/mol. The third-order valence-corrected chi connectivity index (χ3v) is 4.39. The van der Waals surface area contributed by atoms with E-state index < -0.39 is 0 Å². The van der Waals surface area contributed by atoms with E-state index in [4.69, 9.17) is 10.5 Å². The maximum absolute atomic E-state index is 5.66. The molecular weight excluding hydrogens is 290 g/mol. The van der Waals surface area contributed by atoms with Crippen molar-refractivity contribution in [3.05, 3.63) is 18.3 Å². The zero-order valence-electron chi connectivity index (χ0n) is 11.3. The number of nitrogens with zero attached hydrogens (tertiary/aromatic N) is 6. The molecule has 0 amide bonds. The van der Waals surface area contributed by atoms with Crippen LogP contribution in [0.15, 0.2) is 12.5 Å². The fourth-order valence-electron chi connectivity index (χ4n) is 2.46. The fraction of sp³-hybridized carbons (Fsp3) is 0.500. The third-order valence-electron chi connectivity index (χ3n) is 3.47. The van der Waals surface area contributed by atoms with E-state index in [1.807, 2.05) is 10.8 Å². The Morgan fingerprint density at radius 1 is 1.43 bits per heavy atom. The molecule has 1 aliphatic rings. The second kappa shape index (κ2) is 5.17. The van der Waals surface area contributed by atoms with E-state index in [2.05, 4.69) is 20.3 Å². The number of ether oxygens (including phenoxy) is 1. The van der Waals surface area contributed by atoms with Crippen molar-refractivity contribution < 1.29 is 4.74 Å². The van der Waals surface area contributed by atoms with Gasteiger partial charge >= 0.3 is 0 Å². The summed E-state index contributed by atoms with van der Waals surface area (Å²) in [7, 11) is 0. The second-order valence-electron chi connectivity index (χ2n) is 4.95. The zero-order valence-corrected chi connectivity index (χ0v) is 12.2. The van der Waals surface area contributed by atoms with Crippen LogP contribution in [0.25, 0.3) is 15.7 Å². The lowest BCUT2D eigenvalue weighted by molar-refractivity contribution is 0.103. The summed E-state index contributed by atoms with van der Waals surface area (Å²) in [5.74, 6) is 0.784. The summed E-state index contributed by atoms with van der Waals surface area (Å²) < 4.78 is 9.40. The van der Waals surface area contributed by atoms with Crippen LogP contribution in [0.3, 0.4) is 0 Å². The summed E-state index contributed by atoms with van der Waals surface area (Å²) in [5.41, 5.74) is 6.38. The Kier molecular flexibility index (Phi) is 3.17. The Bertz CT molecular complexity index is 755. The van der Waals surface area contributed by atoms with Crippen molar-refractivity contribution in [2.45, 2.75) is 25.5 Å². The first kappa shape index (κ1) is 12.9. The first-order valence-corrected chi connectivity index (χ1v) is 7.73. The topological polar surface area (TPSA) is 96.2 Å². The van der Waals surface area contributed by atoms with E-state index in [0.717, 1.165) is 47.5 Å². The largest absolute Gasteiger partial charge is 0.370 e. The number of nitrogens with two attached hydrogens (primary N) is 1. The van der Waals surface area contributed by atoms with Gasteiger partial charge in [0.1, 0.15) is 11.8 Å². The number of hydrogen-bond acceptors (Lipinski definition) is 7. The molecular formula is C12H15N7OS. The first-order valence-electron chi connectivity index (χ1n) is 6.91. The lowest BCUT2D eigenvalue weighted by Gasteiger charge is -2.03. The minimum absolute atomic E-state index is 0.00440. The molecule has 4 heterocycles. The zero-order chi connectivity index (χ0) is 14.2. The van der Waals surface area contributed by atoms with Crippen molar-refractivity contribution in [3.63, 3.8) is 0 Å². The lowest BCUT2D eigenvalue weighted by Crippen LogP contribution is -2.07. The molecule has 9 heteroatoms. The summed E-state index contributed by atoms with van der Waals surface area (Å²) in [6, 6.07) is 0. The number of rotatable bonds is 4. The van der Waals surface area contributed by atoms with Gasteiger partial charge in [-0.05, 0) is 12.8 Å². The van der Waals surface area contributed by atoms with Crippen molar-refractivity contribution in [1.82, 2.24) is 29.4 Å². The van der Waals surface area contributed by atoms with Crippen LogP contribution >= 0.6 is 11.3 Å². The predicted octanol–water partition coefficient (Wildman–Crippen LogP) is 0.859. The quantitative estimate of drug-likeness (QED) is 0.768. The highest BCUT2D eigenvalue weighted by Gasteiger charge is 2.25. The molecule has 0 radical (unpaired) electrons. The van der Waals surface area contributed by atoms with Gasteiger partial charge in [0.25, 0.3) is 0 Å². The van der Waals surface area contributed by atoms with Gasteiger partial charge in [-0.1, -0.05) is 11.3 Å². The molecule has 2 N–H and O–H groups in total. The van der Waals surface area contributed by atoms with Crippen molar-refractivity contribution in [1.29, 1.82) is 0 Å². The maximum atomic E-state index is 5.66. The summed E-state index contributed by atoms with van der Waals surface area (Å²) in [6.45, 7) is 2.11. The molecule has 110 valence electrons. The second-order valence-corrected chi connectivity index (χ2v) is 5.90. The van der Waals surface area contributed by atoms with Crippen molar-refractivity contribution in [2.75, 3.05) is 13.2 Å². The molecule has 0 bridgehead atoms. The molecule has 0 aliphatic carbocycles. The van der Waals surface area contributed by atoms with Gasteiger partial charge < -0.3 is 15.0 Å². The molecule has 1 aliphatic heterocycles. The SMILES string of the molecule is NCCn1cnc(-c2nn3c(C4CCCO4)nnc3s2)c1. The van der Waals surface area contributed by atoms with E-state index in [1.165, 1.54) is 11.3 Å². The highest BCUT2D eigenvalue weighted by Crippen LogP contribution is 2.30. The van der Waals surface area contributed by atoms with E-state index >= 15 is 0 Å². The Balaban J connectivity index is 1.69. The third kappa shape index (κ3) is 2.23. The smallest absolute Gasteiger partial charge is 0.235 e. The molecule has 0 aromatic carbocycles. The molecule has 0 spiro atoms. The van der Waals surface area contributed by atoms with Gasteiger partial charge in [0.15, 0.2) is 10.8 Å². The molecule has 3 aromatic heterocycles. The van der Waals surface area contributed by atoms with Gasteiger partial charge in [0.05, 0.1) is 6.33 Å². The first-order chi connectivity index (χ1) is 10.3. The van der Waals surface area contributed by atoms with E-state index in [0.29, 0.717) is 6.54 Å². The summed E-state index contributed by atoms with van der Waals surface area (Å²) in [5, 5.41) is 13.8. The van der Waals surface area contributed by atoms with Crippen LogP contribution in [0, 0.1) is 0 Å². The Morgan fingerprint density at radius 3 is 3.19 bits per heavy atom. The van der Waals surface area contributed by atoms with Crippen molar-refractivity contribution >= 4 is 16.3 Å². The highest BCUT2D eigenvalue weighted by atomic mass is 32.1. The standard InChI is InChI=1S/C12H15N7OS/c13-3-4-18-6-8(14-7-18)11-17-19-10(9-2-1-5-20-9)15-16-12(19)21-11/h6-7,9H,1-5,13H2. The van der Waals surface area contributed by atoms with Crippen LogP contribution in [0.1, 0.15) is 24.8 Å². The van der Waals surface area contributed by atoms with Crippen LogP contribution in [0.4, 0.5) is 0 Å². The molecule has 1 saturated heterocycles. The summed E-state index contributed by atoms with van der Waals surface area (Å²) in [6.07, 6.45) is 5.75. The monoisotopic (exact) mass is 305 g/mol. The predicted molar refractivity (Wildman–Crippen MR) is 76.9 cm³/mol. The Morgan fingerprint density at radius 2 is 2.38 bits per heavy atom. The highest BCUT2D eigenvalue weighted by molar-refractivity contribution is 7.19. The molecule has 1 atom stereocenters. The van der Waals surface area contributed by atoms with Gasteiger partial charge in [0.2, 0.25) is 4.96 Å². The summed E-state index contributed by atoms with van der Waals surface area (Å²) in [4.78, 5) is 5.14. The molecule has 0 saturated carbocycles. The van der Waals surface area contributed by atoms with E-state index in [9.17, 15) is 0 Å². The molecule has 1 fully saturated rings. The number of fused-ring (bicyclic) bond motifs is 1. The normalized spacial score (nSPS) is 18.8.